The Bertz CT molecular complexity index is 2900. The average molecular weight is 1430 g/mol. The minimum Gasteiger partial charge on any atom is -0.411 e. The number of hydrogen-bond acceptors (Lipinski definition) is 15. The van der Waals surface area contributed by atoms with Crippen molar-refractivity contribution in [3.05, 3.63) is 119 Å². The van der Waals surface area contributed by atoms with E-state index in [1.165, 1.54) is 93.8 Å². The SMILES string of the molecule is C=C1/C(=C\C=C2/CCC[C@]3(C)[C@@H]([C@H](C)COC/C(C)=N\O)CC[C@@H]23)C[C@@H](O)C[C@@H]1O.C=C1/C(=C\C=C2/CCC[C@]3(C)[C@@H]([C@H](C)COC/C(C)=N\OCCC)CC[C@@H]23)C[C@@H](O)C[C@@H]1O.C=CCO/N=C(/C)COC[C@@H](C)[C@H]1CC[C@H]2/C(=C/C=C3/C[C@@H](O)C[C@H](O)C3=C)CCC[C@]12C.CC.CC.CC. The average Bonchev–Trinajstić information content (AvgIpc) is 1.60. The molecule has 9 aliphatic carbocycles. The van der Waals surface area contributed by atoms with Crippen LogP contribution in [0, 0.1) is 69.5 Å². The van der Waals surface area contributed by atoms with E-state index in [2.05, 4.69) is 127 Å². The van der Waals surface area contributed by atoms with Crippen molar-refractivity contribution in [2.45, 2.75) is 289 Å². The van der Waals surface area contributed by atoms with E-state index in [1.807, 2.05) is 55.4 Å². The lowest BCUT2D eigenvalue weighted by atomic mass is 9.61. The second kappa shape index (κ2) is 45.2. The van der Waals surface area contributed by atoms with Crippen LogP contribution < -0.4 is 0 Å². The Morgan fingerprint density at radius 3 is 1.08 bits per heavy atom. The van der Waals surface area contributed by atoms with E-state index in [-0.39, 0.29) is 5.41 Å². The van der Waals surface area contributed by atoms with Gasteiger partial charge in [-0.2, -0.15) is 0 Å². The normalized spacial score (nSPS) is 35.0. The molecule has 0 saturated heterocycles. The molecule has 9 rings (SSSR count). The van der Waals surface area contributed by atoms with Crippen molar-refractivity contribution in [1.82, 2.24) is 0 Å². The van der Waals surface area contributed by atoms with Gasteiger partial charge in [-0.15, -0.1) is 0 Å². The van der Waals surface area contributed by atoms with Crippen molar-refractivity contribution in [3.8, 4) is 0 Å². The van der Waals surface area contributed by atoms with Gasteiger partial charge in [0.1, 0.15) is 13.2 Å². The van der Waals surface area contributed by atoms with E-state index in [0.29, 0.717) is 148 Å². The number of hydrogen-bond donors (Lipinski definition) is 7. The first-order chi connectivity index (χ1) is 48.8. The van der Waals surface area contributed by atoms with Gasteiger partial charge in [-0.25, -0.2) is 0 Å². The summed E-state index contributed by atoms with van der Waals surface area (Å²) in [6.07, 6.45) is 33.6. The Labute approximate surface area is 619 Å². The van der Waals surface area contributed by atoms with Gasteiger partial charge in [-0.05, 0) is 246 Å². The Kier molecular flexibility index (Phi) is 39.8. The Hall–Kier alpha value is -4.55. The van der Waals surface area contributed by atoms with Crippen LogP contribution in [0.1, 0.15) is 252 Å². The van der Waals surface area contributed by atoms with Gasteiger partial charge in [-0.3, -0.25) is 0 Å². The molecule has 580 valence electrons. The highest BCUT2D eigenvalue weighted by molar-refractivity contribution is 5.83. The molecule has 0 bridgehead atoms. The van der Waals surface area contributed by atoms with Gasteiger partial charge in [-0.1, -0.05) is 191 Å². The molecule has 0 unspecified atom stereocenters. The van der Waals surface area contributed by atoms with Gasteiger partial charge in [0.15, 0.2) is 0 Å². The minimum atomic E-state index is -0.633. The first-order valence-electron chi connectivity index (χ1n) is 39.9. The molecule has 9 fully saturated rings. The van der Waals surface area contributed by atoms with Crippen molar-refractivity contribution < 1.29 is 59.7 Å². The molecule has 0 radical (unpaired) electrons. The monoisotopic (exact) mass is 1420 g/mol. The summed E-state index contributed by atoms with van der Waals surface area (Å²) in [5, 5.41) is 80.7. The Morgan fingerprint density at radius 1 is 0.480 bits per heavy atom. The molecule has 18 atom stereocenters. The van der Waals surface area contributed by atoms with Crippen LogP contribution >= 0.6 is 0 Å². The number of nitrogens with zero attached hydrogens (tertiary/aromatic N) is 3. The predicted molar refractivity (Wildman–Crippen MR) is 422 cm³/mol. The van der Waals surface area contributed by atoms with Crippen LogP contribution in [-0.2, 0) is 23.9 Å². The van der Waals surface area contributed by atoms with Crippen LogP contribution in [0.25, 0.3) is 0 Å². The smallest absolute Gasteiger partial charge is 0.135 e. The fourth-order valence-electron chi connectivity index (χ4n) is 19.1. The number of ether oxygens (including phenoxy) is 3. The highest BCUT2D eigenvalue weighted by Crippen LogP contribution is 2.62. The van der Waals surface area contributed by atoms with Crippen LogP contribution in [-0.4, -0.2) is 142 Å². The molecule has 0 heterocycles. The Morgan fingerprint density at radius 2 is 0.784 bits per heavy atom. The van der Waals surface area contributed by atoms with E-state index < -0.39 is 36.6 Å². The summed E-state index contributed by atoms with van der Waals surface area (Å²) >= 11 is 0. The highest BCUT2D eigenvalue weighted by atomic mass is 16.6. The molecule has 0 amide bonds. The third-order valence-electron chi connectivity index (χ3n) is 24.1. The number of fused-ring (bicyclic) bond motifs is 3. The fraction of sp³-hybridized carbons (Fsp3) is 0.736. The van der Waals surface area contributed by atoms with Crippen molar-refractivity contribution in [3.63, 3.8) is 0 Å². The topological polar surface area (TPSA) is 225 Å². The van der Waals surface area contributed by atoms with Gasteiger partial charge in [0.25, 0.3) is 0 Å². The number of allylic oxidation sites excluding steroid dienone is 9. The van der Waals surface area contributed by atoms with E-state index in [4.69, 9.17) is 29.1 Å². The standard InChI is InChI=1S/C28H45NO4.C28H43NO4.C25H39NO4.3C2H6/c2*1-6-14-33-29-20(3)18-32-17-19(2)25-11-12-26-22(8-7-13-28(25,26)5)9-10-23-15-24(30)16-27(31)21(23)4;1-16(14-30-15-17(2)26-29)22-9-10-23-19(6-5-11-25(22,23)4)7-8-20-12-21(27)13-24(28)18(20)3;3*1-2/h9-10,19,24-27,30-31H,4,6-8,11-18H2,1-3,5H3;6,9-10,19,24-27,30-31H,1,4,7-8,11-18H2,2-3,5H3;7-8,16,21-24,27-29H,3,5-6,9-15H2,1-2,4H3;3*1-2H3/b2*22-9+,23-10-,29-20-;19-7+,20-8-,26-17-;;;/t2*19-,24-,25-,26+,27+,28-;16-,21-,22-,23+,24+,25-;;;/m111.../s1. The quantitative estimate of drug-likeness (QED) is 0.0158. The van der Waals surface area contributed by atoms with Crippen molar-refractivity contribution >= 4 is 17.1 Å². The molecule has 9 saturated carbocycles. The second-order valence-electron chi connectivity index (χ2n) is 31.4. The summed E-state index contributed by atoms with van der Waals surface area (Å²) in [6, 6.07) is 0. The largest absolute Gasteiger partial charge is 0.411 e. The molecule has 102 heavy (non-hydrogen) atoms. The van der Waals surface area contributed by atoms with E-state index >= 15 is 0 Å². The van der Waals surface area contributed by atoms with Gasteiger partial charge < -0.3 is 59.7 Å². The maximum Gasteiger partial charge on any atom is 0.135 e. The number of aliphatic hydroxyl groups is 6. The summed E-state index contributed by atoms with van der Waals surface area (Å²) in [6.45, 7) is 54.5. The lowest BCUT2D eigenvalue weighted by molar-refractivity contribution is 0.0446. The zero-order valence-electron chi connectivity index (χ0n) is 66.8. The van der Waals surface area contributed by atoms with E-state index in [1.54, 1.807) is 13.0 Å². The van der Waals surface area contributed by atoms with Crippen LogP contribution in [0.3, 0.4) is 0 Å². The lowest BCUT2D eigenvalue weighted by Crippen LogP contribution is -2.37. The van der Waals surface area contributed by atoms with E-state index in [0.717, 1.165) is 83.8 Å². The fourth-order valence-corrected chi connectivity index (χ4v) is 19.1. The third-order valence-corrected chi connectivity index (χ3v) is 24.1. The molecule has 0 aromatic rings. The number of rotatable bonds is 24. The predicted octanol–water partition coefficient (Wildman–Crippen LogP) is 18.6. The molecule has 7 N–H and O–H groups in total. The Balaban J connectivity index is 0.000000313. The summed E-state index contributed by atoms with van der Waals surface area (Å²) in [5.41, 5.74) is 13.1. The molecule has 0 aromatic carbocycles. The van der Waals surface area contributed by atoms with Crippen molar-refractivity contribution in [2.24, 2.45) is 85.0 Å². The maximum atomic E-state index is 10.2. The van der Waals surface area contributed by atoms with Gasteiger partial charge in [0, 0.05) is 39.1 Å². The second-order valence-corrected chi connectivity index (χ2v) is 31.4. The number of oxime groups is 3. The summed E-state index contributed by atoms with van der Waals surface area (Å²) in [4.78, 5) is 10.4. The van der Waals surface area contributed by atoms with E-state index in [9.17, 15) is 30.6 Å². The lowest BCUT2D eigenvalue weighted by Gasteiger charge is -2.44. The van der Waals surface area contributed by atoms with Crippen LogP contribution in [0.15, 0.2) is 134 Å². The van der Waals surface area contributed by atoms with Crippen LogP contribution in [0.4, 0.5) is 0 Å². The first kappa shape index (κ1) is 89.8. The summed E-state index contributed by atoms with van der Waals surface area (Å²) in [5.74, 6) is 5.16. The summed E-state index contributed by atoms with van der Waals surface area (Å²) in [7, 11) is 0. The van der Waals surface area contributed by atoms with Crippen molar-refractivity contribution in [1.29, 1.82) is 0 Å². The molecular formula is C87H145N3O12. The first-order valence-corrected chi connectivity index (χ1v) is 39.9. The van der Waals surface area contributed by atoms with Gasteiger partial charge in [0.05, 0.1) is 73.6 Å². The molecule has 0 aromatic heterocycles. The molecule has 0 aliphatic heterocycles. The third kappa shape index (κ3) is 25.0. The molecule has 15 nitrogen and oxygen atoms in total. The number of aliphatic hydroxyl groups excluding tert-OH is 6. The van der Waals surface area contributed by atoms with Crippen molar-refractivity contribution in [2.75, 3.05) is 52.9 Å². The van der Waals surface area contributed by atoms with Gasteiger partial charge >= 0.3 is 0 Å². The zero-order chi connectivity index (χ0) is 75.9. The highest BCUT2D eigenvalue weighted by Gasteiger charge is 2.53. The molecule has 9 aliphatic rings. The van der Waals surface area contributed by atoms with Gasteiger partial charge in [0.2, 0.25) is 0 Å². The maximum absolute atomic E-state index is 10.2. The zero-order valence-corrected chi connectivity index (χ0v) is 66.8. The molecule has 0 spiro atoms. The summed E-state index contributed by atoms with van der Waals surface area (Å²) < 4.78 is 17.8. The minimum absolute atomic E-state index is 0.286. The molecule has 15 heteroatoms. The molecular weight excluding hydrogens is 1280 g/mol. The van der Waals surface area contributed by atoms with Crippen LogP contribution in [0.5, 0.6) is 0 Å². The van der Waals surface area contributed by atoms with Crippen LogP contribution in [0.2, 0.25) is 0 Å².